The van der Waals surface area contributed by atoms with Gasteiger partial charge in [0.2, 0.25) is 0 Å². The Balaban J connectivity index is 2.20. The van der Waals surface area contributed by atoms with Gasteiger partial charge in [-0.25, -0.2) is 0 Å². The maximum absolute atomic E-state index is 6.00. The highest BCUT2D eigenvalue weighted by Crippen LogP contribution is 2.28. The molecule has 3 atom stereocenters. The predicted molar refractivity (Wildman–Crippen MR) is 66.8 cm³/mol. The second-order valence-electron chi connectivity index (χ2n) is 5.98. The fourth-order valence-corrected chi connectivity index (χ4v) is 2.57. The van der Waals surface area contributed by atoms with E-state index < -0.39 is 9.04 Å². The lowest BCUT2D eigenvalue weighted by molar-refractivity contribution is -0.0345. The van der Waals surface area contributed by atoms with Crippen LogP contribution < -0.4 is 0 Å². The molecule has 0 aromatic heterocycles. The van der Waals surface area contributed by atoms with Gasteiger partial charge in [-0.3, -0.25) is 0 Å². The molecule has 0 radical (unpaired) electrons. The molecule has 0 aromatic carbocycles. The van der Waals surface area contributed by atoms with Crippen molar-refractivity contribution in [2.45, 2.75) is 58.2 Å². The molecule has 0 bridgehead atoms. The van der Waals surface area contributed by atoms with Gasteiger partial charge in [-0.05, 0) is 30.3 Å². The smallest absolute Gasteiger partial charge is 0.179 e. The minimum atomic E-state index is -1.06. The zero-order chi connectivity index (χ0) is 11.5. The Bertz CT molecular complexity index is 181. The second-order valence-corrected chi connectivity index (χ2v) is 9.33. The third-order valence-electron chi connectivity index (χ3n) is 3.35. The van der Waals surface area contributed by atoms with Crippen molar-refractivity contribution in [1.82, 2.24) is 0 Å². The SMILES string of the molecule is C[C@@H]1CC[C@@H](CO[SiH](C)C(C)(C)C)OC1. The summed E-state index contributed by atoms with van der Waals surface area (Å²) >= 11 is 0. The molecule has 90 valence electrons. The van der Waals surface area contributed by atoms with Crippen molar-refractivity contribution in [1.29, 1.82) is 0 Å². The largest absolute Gasteiger partial charge is 0.417 e. The van der Waals surface area contributed by atoms with Crippen LogP contribution in [0.25, 0.3) is 0 Å². The molecule has 1 saturated heterocycles. The second kappa shape index (κ2) is 5.46. The number of rotatable bonds is 3. The van der Waals surface area contributed by atoms with Gasteiger partial charge in [-0.2, -0.15) is 0 Å². The number of hydrogen-bond acceptors (Lipinski definition) is 2. The lowest BCUT2D eigenvalue weighted by atomic mass is 10.0. The molecule has 0 spiro atoms. The first kappa shape index (κ1) is 13.2. The van der Waals surface area contributed by atoms with Gasteiger partial charge >= 0.3 is 0 Å². The number of ether oxygens (including phenoxy) is 1. The maximum Gasteiger partial charge on any atom is 0.179 e. The summed E-state index contributed by atoms with van der Waals surface area (Å²) in [7, 11) is -1.06. The summed E-state index contributed by atoms with van der Waals surface area (Å²) in [6, 6.07) is 0. The topological polar surface area (TPSA) is 18.5 Å². The van der Waals surface area contributed by atoms with Crippen LogP contribution in [0.5, 0.6) is 0 Å². The van der Waals surface area contributed by atoms with Crippen LogP contribution in [0.1, 0.15) is 40.5 Å². The molecule has 1 unspecified atom stereocenters. The molecular formula is C12H26O2Si. The van der Waals surface area contributed by atoms with Crippen LogP contribution in [0.3, 0.4) is 0 Å². The lowest BCUT2D eigenvalue weighted by Crippen LogP contribution is -2.33. The van der Waals surface area contributed by atoms with Crippen LogP contribution in [0, 0.1) is 5.92 Å². The Labute approximate surface area is 96.1 Å². The predicted octanol–water partition coefficient (Wildman–Crippen LogP) is 2.97. The van der Waals surface area contributed by atoms with Crippen molar-refractivity contribution < 1.29 is 9.16 Å². The van der Waals surface area contributed by atoms with E-state index >= 15 is 0 Å². The molecule has 1 aliphatic heterocycles. The fraction of sp³-hybridized carbons (Fsp3) is 1.00. The third-order valence-corrected chi connectivity index (χ3v) is 6.48. The van der Waals surface area contributed by atoms with Crippen LogP contribution in [0.2, 0.25) is 11.6 Å². The molecule has 0 amide bonds. The van der Waals surface area contributed by atoms with Crippen LogP contribution in [-0.2, 0) is 9.16 Å². The van der Waals surface area contributed by atoms with Gasteiger partial charge < -0.3 is 9.16 Å². The van der Waals surface area contributed by atoms with Crippen LogP contribution in [-0.4, -0.2) is 28.4 Å². The minimum Gasteiger partial charge on any atom is -0.417 e. The van der Waals surface area contributed by atoms with E-state index in [0.717, 1.165) is 19.1 Å². The normalized spacial score (nSPS) is 30.2. The van der Waals surface area contributed by atoms with Gasteiger partial charge in [-0.15, -0.1) is 0 Å². The highest BCUT2D eigenvalue weighted by atomic mass is 28.3. The zero-order valence-corrected chi connectivity index (χ0v) is 12.0. The Hall–Kier alpha value is 0.137. The molecule has 0 aromatic rings. The highest BCUT2D eigenvalue weighted by molar-refractivity contribution is 6.53. The molecule has 2 nitrogen and oxygen atoms in total. The molecular weight excluding hydrogens is 204 g/mol. The monoisotopic (exact) mass is 230 g/mol. The Kier molecular flexibility index (Phi) is 4.81. The van der Waals surface area contributed by atoms with Gasteiger partial charge in [0.15, 0.2) is 9.04 Å². The van der Waals surface area contributed by atoms with E-state index in [9.17, 15) is 0 Å². The fourth-order valence-electron chi connectivity index (χ4n) is 1.57. The zero-order valence-electron chi connectivity index (χ0n) is 10.9. The maximum atomic E-state index is 6.00. The van der Waals surface area contributed by atoms with Crippen molar-refractivity contribution in [3.8, 4) is 0 Å². The standard InChI is InChI=1S/C12H26O2Si/c1-10-6-7-11(13-8-10)9-14-15(5)12(2,3)4/h10-11,15H,6-9H2,1-5H3/t10-,11+,15?/m1/s1. The van der Waals surface area contributed by atoms with Crippen molar-refractivity contribution in [3.63, 3.8) is 0 Å². The lowest BCUT2D eigenvalue weighted by Gasteiger charge is -2.31. The molecule has 0 aliphatic carbocycles. The Morgan fingerprint density at radius 2 is 2.00 bits per heavy atom. The van der Waals surface area contributed by atoms with E-state index in [2.05, 4.69) is 34.2 Å². The summed E-state index contributed by atoms with van der Waals surface area (Å²) in [6.45, 7) is 13.1. The van der Waals surface area contributed by atoms with Crippen molar-refractivity contribution in [2.24, 2.45) is 5.92 Å². The molecule has 1 heterocycles. The van der Waals surface area contributed by atoms with Crippen LogP contribution in [0.15, 0.2) is 0 Å². The molecule has 3 heteroatoms. The van der Waals surface area contributed by atoms with E-state index in [1.165, 1.54) is 12.8 Å². The molecule has 1 fully saturated rings. The van der Waals surface area contributed by atoms with Crippen molar-refractivity contribution in [3.05, 3.63) is 0 Å². The van der Waals surface area contributed by atoms with Crippen LogP contribution >= 0.6 is 0 Å². The first-order chi connectivity index (χ1) is 6.89. The number of hydrogen-bond donors (Lipinski definition) is 0. The van der Waals surface area contributed by atoms with Crippen molar-refractivity contribution in [2.75, 3.05) is 13.2 Å². The minimum absolute atomic E-state index is 0.360. The average molecular weight is 230 g/mol. The van der Waals surface area contributed by atoms with Gasteiger partial charge in [-0.1, -0.05) is 27.7 Å². The Morgan fingerprint density at radius 3 is 2.47 bits per heavy atom. The molecule has 0 N–H and O–H groups in total. The van der Waals surface area contributed by atoms with Crippen molar-refractivity contribution >= 4 is 9.04 Å². The van der Waals surface area contributed by atoms with E-state index in [1.54, 1.807) is 0 Å². The summed E-state index contributed by atoms with van der Waals surface area (Å²) < 4.78 is 11.7. The first-order valence-electron chi connectivity index (χ1n) is 6.13. The summed E-state index contributed by atoms with van der Waals surface area (Å²) in [5.41, 5.74) is 0. The summed E-state index contributed by atoms with van der Waals surface area (Å²) in [5.74, 6) is 0.735. The first-order valence-corrected chi connectivity index (χ1v) is 8.33. The van der Waals surface area contributed by atoms with E-state index in [4.69, 9.17) is 9.16 Å². The van der Waals surface area contributed by atoms with E-state index in [1.807, 2.05) is 0 Å². The quantitative estimate of drug-likeness (QED) is 0.694. The summed E-state index contributed by atoms with van der Waals surface area (Å²) in [5, 5.41) is 0.363. The van der Waals surface area contributed by atoms with Gasteiger partial charge in [0.05, 0.1) is 12.7 Å². The van der Waals surface area contributed by atoms with E-state index in [-0.39, 0.29) is 0 Å². The average Bonchev–Trinajstić information content (AvgIpc) is 2.15. The molecule has 1 aliphatic rings. The summed E-state index contributed by atoms with van der Waals surface area (Å²) in [4.78, 5) is 0. The van der Waals surface area contributed by atoms with Gasteiger partial charge in [0.1, 0.15) is 0 Å². The van der Waals surface area contributed by atoms with E-state index in [0.29, 0.717) is 11.1 Å². The van der Waals surface area contributed by atoms with Crippen LogP contribution in [0.4, 0.5) is 0 Å². The van der Waals surface area contributed by atoms with Gasteiger partial charge in [0, 0.05) is 6.61 Å². The Morgan fingerprint density at radius 1 is 1.33 bits per heavy atom. The molecule has 15 heavy (non-hydrogen) atoms. The third kappa shape index (κ3) is 4.66. The van der Waals surface area contributed by atoms with Gasteiger partial charge in [0.25, 0.3) is 0 Å². The highest BCUT2D eigenvalue weighted by Gasteiger charge is 2.25. The summed E-state index contributed by atoms with van der Waals surface area (Å²) in [6.07, 6.45) is 2.82. The molecule has 1 rings (SSSR count). The molecule has 0 saturated carbocycles.